The monoisotopic (exact) mass is 612 g/mol. The Morgan fingerprint density at radius 3 is 2.40 bits per heavy atom. The van der Waals surface area contributed by atoms with Gasteiger partial charge in [0, 0.05) is 86.5 Å². The maximum absolute atomic E-state index is 14.5. The quantitative estimate of drug-likeness (QED) is 0.333. The lowest BCUT2D eigenvalue weighted by Gasteiger charge is -2.40. The number of nitrogens with zero attached hydrogens (tertiary/aromatic N) is 3. The molecule has 0 saturated carbocycles. The summed E-state index contributed by atoms with van der Waals surface area (Å²) in [6, 6.07) is 9.70. The number of sulfone groups is 1. The Morgan fingerprint density at radius 2 is 1.70 bits per heavy atom. The third-order valence-corrected chi connectivity index (χ3v) is 9.43. The van der Waals surface area contributed by atoms with Gasteiger partial charge in [0.25, 0.3) is 5.56 Å². The van der Waals surface area contributed by atoms with Gasteiger partial charge in [-0.3, -0.25) is 14.6 Å². The summed E-state index contributed by atoms with van der Waals surface area (Å²) in [6.45, 7) is 5.99. The van der Waals surface area contributed by atoms with Crippen molar-refractivity contribution in [3.05, 3.63) is 76.3 Å². The molecule has 228 valence electrons. The van der Waals surface area contributed by atoms with Crippen LogP contribution in [0.25, 0.3) is 22.0 Å². The summed E-state index contributed by atoms with van der Waals surface area (Å²) < 4.78 is 65.9. The lowest BCUT2D eigenvalue weighted by molar-refractivity contribution is 0.000153. The van der Waals surface area contributed by atoms with Crippen LogP contribution in [0.3, 0.4) is 0 Å². The van der Waals surface area contributed by atoms with E-state index in [0.717, 1.165) is 70.3 Å². The van der Waals surface area contributed by atoms with Crippen LogP contribution in [0.1, 0.15) is 18.5 Å². The number of hydrogen-bond donors (Lipinski definition) is 1. The first-order valence-corrected chi connectivity index (χ1v) is 16.2. The maximum atomic E-state index is 14.5. The molecule has 0 atom stereocenters. The van der Waals surface area contributed by atoms with Crippen molar-refractivity contribution in [3.63, 3.8) is 0 Å². The predicted molar refractivity (Wildman–Crippen MR) is 159 cm³/mol. The van der Waals surface area contributed by atoms with Gasteiger partial charge in [0.15, 0.2) is 21.4 Å². The number of benzene rings is 2. The molecular formula is C31H34F2N4O5S. The number of fused-ring (bicyclic) bond motifs is 1. The Balaban J connectivity index is 1.35. The highest BCUT2D eigenvalue weighted by Gasteiger charge is 2.26. The van der Waals surface area contributed by atoms with Crippen molar-refractivity contribution in [2.45, 2.75) is 30.3 Å². The highest BCUT2D eigenvalue weighted by Crippen LogP contribution is 2.39. The number of aryl methyl sites for hydroxylation is 1. The van der Waals surface area contributed by atoms with Crippen LogP contribution in [0.5, 0.6) is 11.5 Å². The summed E-state index contributed by atoms with van der Waals surface area (Å²) in [5.41, 5.74) is 1.89. The fraction of sp³-hybridized carbons (Fsp3) is 0.387. The second-order valence-corrected chi connectivity index (χ2v) is 13.3. The van der Waals surface area contributed by atoms with Crippen LogP contribution in [0.2, 0.25) is 0 Å². The molecule has 2 fully saturated rings. The Hall–Kier alpha value is -3.58. The van der Waals surface area contributed by atoms with Gasteiger partial charge in [-0.2, -0.15) is 0 Å². The number of aromatic nitrogens is 2. The van der Waals surface area contributed by atoms with E-state index in [1.165, 1.54) is 28.8 Å². The molecule has 0 amide bonds. The minimum absolute atomic E-state index is 0.0373. The molecule has 0 spiro atoms. The Morgan fingerprint density at radius 1 is 0.977 bits per heavy atom. The van der Waals surface area contributed by atoms with Crippen LogP contribution < -0.4 is 10.3 Å². The van der Waals surface area contributed by atoms with Gasteiger partial charge in [0.05, 0.1) is 18.1 Å². The molecule has 9 nitrogen and oxygen atoms in total. The molecule has 2 aliphatic rings. The number of piperidine rings is 1. The molecule has 2 aromatic heterocycles. The van der Waals surface area contributed by atoms with E-state index in [2.05, 4.69) is 14.8 Å². The van der Waals surface area contributed by atoms with Crippen molar-refractivity contribution in [1.29, 1.82) is 0 Å². The maximum Gasteiger partial charge on any atom is 0.274 e. The molecule has 12 heteroatoms. The number of H-pyrrole nitrogens is 1. The standard InChI is InChI=1S/C31H34F2N4O5S/c1-35-19-26(24-17-23(43(2,39)40)4-6-28(24)42-29-5-3-20(32)15-27(29)33)25-16-21(34-30(25)31(35)38)18-36-9-7-22(8-10-36)37-11-13-41-14-12-37/h3-6,15-17,19,22,34H,7-14,18H2,1-2H3. The van der Waals surface area contributed by atoms with Crippen molar-refractivity contribution >= 4 is 20.7 Å². The van der Waals surface area contributed by atoms with Crippen molar-refractivity contribution in [3.8, 4) is 22.6 Å². The molecule has 0 bridgehead atoms. The number of pyridine rings is 1. The summed E-state index contributed by atoms with van der Waals surface area (Å²) in [5, 5.41) is 0.594. The van der Waals surface area contributed by atoms with E-state index in [1.807, 2.05) is 6.07 Å². The zero-order valence-corrected chi connectivity index (χ0v) is 24.9. The number of morpholine rings is 1. The predicted octanol–water partition coefficient (Wildman–Crippen LogP) is 4.30. The molecule has 1 N–H and O–H groups in total. The Bertz CT molecular complexity index is 1820. The van der Waals surface area contributed by atoms with Crippen molar-refractivity contribution in [2.24, 2.45) is 7.05 Å². The fourth-order valence-corrected chi connectivity index (χ4v) is 6.68. The van der Waals surface area contributed by atoms with Gasteiger partial charge in [-0.15, -0.1) is 0 Å². The average molecular weight is 613 g/mol. The topological polar surface area (TPSA) is 96.9 Å². The highest BCUT2D eigenvalue weighted by molar-refractivity contribution is 7.90. The van der Waals surface area contributed by atoms with E-state index in [9.17, 15) is 22.0 Å². The first-order chi connectivity index (χ1) is 20.6. The molecule has 0 aliphatic carbocycles. The zero-order chi connectivity index (χ0) is 30.3. The number of ether oxygens (including phenoxy) is 2. The van der Waals surface area contributed by atoms with E-state index < -0.39 is 21.5 Å². The molecule has 2 saturated heterocycles. The average Bonchev–Trinajstić information content (AvgIpc) is 3.41. The second-order valence-electron chi connectivity index (χ2n) is 11.3. The Kier molecular flexibility index (Phi) is 8.12. The molecule has 0 radical (unpaired) electrons. The van der Waals surface area contributed by atoms with Crippen molar-refractivity contribution in [1.82, 2.24) is 19.4 Å². The second kappa shape index (κ2) is 11.8. The number of likely N-dealkylation sites (tertiary alicyclic amines) is 1. The lowest BCUT2D eigenvalue weighted by atomic mass is 10.0. The van der Waals surface area contributed by atoms with Gasteiger partial charge in [-0.25, -0.2) is 17.2 Å². The molecular weight excluding hydrogens is 578 g/mol. The van der Waals surface area contributed by atoms with Crippen LogP contribution in [-0.4, -0.2) is 79.5 Å². The van der Waals surface area contributed by atoms with E-state index >= 15 is 0 Å². The molecule has 4 aromatic rings. The minimum Gasteiger partial charge on any atom is -0.454 e. The third-order valence-electron chi connectivity index (χ3n) is 8.32. The first kappa shape index (κ1) is 29.5. The summed E-state index contributed by atoms with van der Waals surface area (Å²) in [6.07, 6.45) is 4.84. The van der Waals surface area contributed by atoms with Gasteiger partial charge in [-0.05, 0) is 49.2 Å². The lowest BCUT2D eigenvalue weighted by Crippen LogP contribution is -2.48. The van der Waals surface area contributed by atoms with Crippen molar-refractivity contribution < 1.29 is 26.7 Å². The fourth-order valence-electron chi connectivity index (χ4n) is 6.03. The van der Waals surface area contributed by atoms with Crippen LogP contribution in [0.15, 0.2) is 58.4 Å². The van der Waals surface area contributed by atoms with E-state index in [-0.39, 0.29) is 22.0 Å². The van der Waals surface area contributed by atoms with E-state index in [1.54, 1.807) is 13.2 Å². The van der Waals surface area contributed by atoms with Gasteiger partial charge in [-0.1, -0.05) is 0 Å². The SMILES string of the molecule is Cn1cc(-c2cc(S(C)(=O)=O)ccc2Oc2ccc(F)cc2F)c2cc(CN3CCC(N4CCOCC4)CC3)[nH]c2c1=O. The molecule has 2 aliphatic heterocycles. The smallest absolute Gasteiger partial charge is 0.274 e. The number of aromatic amines is 1. The summed E-state index contributed by atoms with van der Waals surface area (Å²) in [7, 11) is -1.99. The van der Waals surface area contributed by atoms with Crippen LogP contribution in [-0.2, 0) is 28.2 Å². The number of nitrogens with one attached hydrogen (secondary N) is 1. The van der Waals surface area contributed by atoms with E-state index in [0.29, 0.717) is 40.7 Å². The van der Waals surface area contributed by atoms with Gasteiger partial charge >= 0.3 is 0 Å². The summed E-state index contributed by atoms with van der Waals surface area (Å²) in [4.78, 5) is 21.4. The van der Waals surface area contributed by atoms with Crippen molar-refractivity contribution in [2.75, 3.05) is 45.6 Å². The third kappa shape index (κ3) is 6.23. The molecule has 43 heavy (non-hydrogen) atoms. The highest BCUT2D eigenvalue weighted by atomic mass is 32.2. The van der Waals surface area contributed by atoms with Gasteiger partial charge in [0.2, 0.25) is 0 Å². The number of rotatable bonds is 7. The van der Waals surface area contributed by atoms with Gasteiger partial charge < -0.3 is 19.0 Å². The van der Waals surface area contributed by atoms with Crippen LogP contribution in [0, 0.1) is 11.6 Å². The Labute approximate surface area is 248 Å². The number of halogens is 2. The van der Waals surface area contributed by atoms with E-state index in [4.69, 9.17) is 9.47 Å². The van der Waals surface area contributed by atoms with Crippen LogP contribution in [0.4, 0.5) is 8.78 Å². The number of hydrogen-bond acceptors (Lipinski definition) is 7. The largest absolute Gasteiger partial charge is 0.454 e. The van der Waals surface area contributed by atoms with Gasteiger partial charge in [0.1, 0.15) is 17.1 Å². The minimum atomic E-state index is -3.61. The molecule has 2 aromatic carbocycles. The summed E-state index contributed by atoms with van der Waals surface area (Å²) >= 11 is 0. The molecule has 4 heterocycles. The van der Waals surface area contributed by atoms with Crippen LogP contribution >= 0.6 is 0 Å². The molecule has 0 unspecified atom stereocenters. The zero-order valence-electron chi connectivity index (χ0n) is 24.1. The first-order valence-electron chi connectivity index (χ1n) is 14.3. The summed E-state index contributed by atoms with van der Waals surface area (Å²) in [5.74, 6) is -1.70. The molecule has 6 rings (SSSR count). The normalized spacial score (nSPS) is 17.5.